The third-order valence-electron chi connectivity index (χ3n) is 4.05. The van der Waals surface area contributed by atoms with Crippen molar-refractivity contribution in [3.63, 3.8) is 0 Å². The van der Waals surface area contributed by atoms with Gasteiger partial charge in [-0.3, -0.25) is 9.59 Å². The summed E-state index contributed by atoms with van der Waals surface area (Å²) in [6, 6.07) is 4.84. The Morgan fingerprint density at radius 1 is 1.50 bits per heavy atom. The third kappa shape index (κ3) is 2.45. The molecule has 0 spiro atoms. The van der Waals surface area contributed by atoms with Crippen molar-refractivity contribution in [1.29, 1.82) is 0 Å². The first kappa shape index (κ1) is 14.7. The van der Waals surface area contributed by atoms with Crippen molar-refractivity contribution in [1.82, 2.24) is 0 Å². The van der Waals surface area contributed by atoms with Crippen molar-refractivity contribution in [3.05, 3.63) is 28.8 Å². The number of carbonyl (C=O) groups excluding carboxylic acids is 1. The molecule has 0 saturated carbocycles. The zero-order chi connectivity index (χ0) is 14.9. The molecule has 1 fully saturated rings. The van der Waals surface area contributed by atoms with Crippen LogP contribution in [-0.4, -0.2) is 30.1 Å². The average Bonchev–Trinajstić information content (AvgIpc) is 2.83. The van der Waals surface area contributed by atoms with Crippen LogP contribution in [0.1, 0.15) is 30.1 Å². The summed E-state index contributed by atoms with van der Waals surface area (Å²) in [5.41, 5.74) is 5.58. The summed E-state index contributed by atoms with van der Waals surface area (Å²) < 4.78 is 0. The van der Waals surface area contributed by atoms with Gasteiger partial charge < -0.3 is 15.7 Å². The largest absolute Gasteiger partial charge is 0.481 e. The Morgan fingerprint density at radius 2 is 2.20 bits per heavy atom. The molecule has 1 aromatic carbocycles. The Hall–Kier alpha value is -1.75. The van der Waals surface area contributed by atoms with Crippen LogP contribution in [0.5, 0.6) is 0 Å². The molecule has 1 atom stereocenters. The van der Waals surface area contributed by atoms with Crippen molar-refractivity contribution < 1.29 is 14.7 Å². The maximum atomic E-state index is 11.5. The first-order valence-electron chi connectivity index (χ1n) is 6.47. The lowest BCUT2D eigenvalue weighted by Gasteiger charge is -2.25. The van der Waals surface area contributed by atoms with E-state index in [4.69, 9.17) is 17.3 Å². The Kier molecular flexibility index (Phi) is 3.90. The van der Waals surface area contributed by atoms with Crippen LogP contribution in [0.4, 0.5) is 5.69 Å². The fraction of sp³-hybridized carbons (Fsp3) is 0.429. The highest BCUT2D eigenvalue weighted by molar-refractivity contribution is 6.31. The SMILES string of the molecule is CCC1(C(=O)O)CCN(c2cc(Cl)ccc2C(N)=O)C1. The normalized spacial score (nSPS) is 22.0. The van der Waals surface area contributed by atoms with Crippen molar-refractivity contribution in [2.45, 2.75) is 19.8 Å². The van der Waals surface area contributed by atoms with Gasteiger partial charge in [-0.25, -0.2) is 0 Å². The molecule has 6 heteroatoms. The van der Waals surface area contributed by atoms with Gasteiger partial charge in [0.05, 0.1) is 16.7 Å². The van der Waals surface area contributed by atoms with Gasteiger partial charge in [-0.15, -0.1) is 0 Å². The van der Waals surface area contributed by atoms with Crippen LogP contribution >= 0.6 is 11.6 Å². The lowest BCUT2D eigenvalue weighted by molar-refractivity contribution is -0.147. The van der Waals surface area contributed by atoms with Crippen LogP contribution in [0, 0.1) is 5.41 Å². The van der Waals surface area contributed by atoms with Crippen LogP contribution in [0.25, 0.3) is 0 Å². The van der Waals surface area contributed by atoms with Crippen LogP contribution in [0.15, 0.2) is 18.2 Å². The van der Waals surface area contributed by atoms with E-state index >= 15 is 0 Å². The van der Waals surface area contributed by atoms with E-state index in [9.17, 15) is 14.7 Å². The van der Waals surface area contributed by atoms with Crippen molar-refractivity contribution in [2.24, 2.45) is 11.1 Å². The highest BCUT2D eigenvalue weighted by Gasteiger charge is 2.43. The van der Waals surface area contributed by atoms with Gasteiger partial charge in [-0.05, 0) is 31.0 Å². The number of amides is 1. The minimum Gasteiger partial charge on any atom is -0.481 e. The number of nitrogens with two attached hydrogens (primary N) is 1. The quantitative estimate of drug-likeness (QED) is 0.891. The predicted octanol–water partition coefficient (Wildman–Crippen LogP) is 2.13. The molecule has 2 rings (SSSR count). The summed E-state index contributed by atoms with van der Waals surface area (Å²) in [7, 11) is 0. The van der Waals surface area contributed by atoms with Crippen molar-refractivity contribution in [3.8, 4) is 0 Å². The minimum absolute atomic E-state index is 0.361. The van der Waals surface area contributed by atoms with Gasteiger partial charge in [0.25, 0.3) is 5.91 Å². The summed E-state index contributed by atoms with van der Waals surface area (Å²) in [4.78, 5) is 24.8. The van der Waals surface area contributed by atoms with Crippen molar-refractivity contribution >= 4 is 29.2 Å². The number of nitrogens with zero attached hydrogens (tertiary/aromatic N) is 1. The van der Waals surface area contributed by atoms with Gasteiger partial charge >= 0.3 is 5.97 Å². The van der Waals surface area contributed by atoms with Gasteiger partial charge in [-0.1, -0.05) is 18.5 Å². The lowest BCUT2D eigenvalue weighted by Crippen LogP contribution is -2.34. The van der Waals surface area contributed by atoms with E-state index in [1.54, 1.807) is 18.2 Å². The standard InChI is InChI=1S/C14H17ClN2O3/c1-2-14(13(19)20)5-6-17(8-14)11-7-9(15)3-4-10(11)12(16)18/h3-4,7H,2,5-6,8H2,1H3,(H2,16,18)(H,19,20). The number of benzene rings is 1. The lowest BCUT2D eigenvalue weighted by atomic mass is 9.84. The molecule has 0 bridgehead atoms. The summed E-state index contributed by atoms with van der Waals surface area (Å²) >= 11 is 5.97. The van der Waals surface area contributed by atoms with E-state index < -0.39 is 17.3 Å². The number of hydrogen-bond acceptors (Lipinski definition) is 3. The second kappa shape index (κ2) is 5.32. The molecule has 108 valence electrons. The molecule has 20 heavy (non-hydrogen) atoms. The summed E-state index contributed by atoms with van der Waals surface area (Å²) in [5, 5.41) is 9.91. The molecule has 3 N–H and O–H groups in total. The summed E-state index contributed by atoms with van der Waals surface area (Å²) in [6.45, 7) is 2.80. The zero-order valence-corrected chi connectivity index (χ0v) is 12.0. The first-order valence-corrected chi connectivity index (χ1v) is 6.85. The second-order valence-electron chi connectivity index (χ2n) is 5.14. The molecular weight excluding hydrogens is 280 g/mol. The Bertz CT molecular complexity index is 561. The Balaban J connectivity index is 2.37. The van der Waals surface area contributed by atoms with E-state index in [1.807, 2.05) is 11.8 Å². The van der Waals surface area contributed by atoms with Gasteiger partial charge in [-0.2, -0.15) is 0 Å². The fourth-order valence-corrected chi connectivity index (χ4v) is 2.83. The molecule has 1 aliphatic heterocycles. The van der Waals surface area contributed by atoms with Crippen LogP contribution in [-0.2, 0) is 4.79 Å². The van der Waals surface area contributed by atoms with E-state index in [2.05, 4.69) is 0 Å². The number of aliphatic carboxylic acids is 1. The molecule has 1 unspecified atom stereocenters. The maximum Gasteiger partial charge on any atom is 0.311 e. The van der Waals surface area contributed by atoms with E-state index in [0.717, 1.165) is 0 Å². The van der Waals surface area contributed by atoms with E-state index in [0.29, 0.717) is 42.2 Å². The van der Waals surface area contributed by atoms with Crippen LogP contribution in [0.2, 0.25) is 5.02 Å². The monoisotopic (exact) mass is 296 g/mol. The molecule has 5 nitrogen and oxygen atoms in total. The molecule has 1 aromatic rings. The molecule has 1 aliphatic rings. The number of halogens is 1. The van der Waals surface area contributed by atoms with Gasteiger partial charge in [0.15, 0.2) is 0 Å². The number of primary amides is 1. The van der Waals surface area contributed by atoms with E-state index in [1.165, 1.54) is 0 Å². The molecule has 1 amide bonds. The number of hydrogen-bond donors (Lipinski definition) is 2. The zero-order valence-electron chi connectivity index (χ0n) is 11.2. The number of carbonyl (C=O) groups is 2. The average molecular weight is 297 g/mol. The van der Waals surface area contributed by atoms with Gasteiger partial charge in [0, 0.05) is 18.1 Å². The Labute approximate surface area is 122 Å². The number of carboxylic acid groups (broad SMARTS) is 1. The molecule has 0 aromatic heterocycles. The van der Waals surface area contributed by atoms with Crippen molar-refractivity contribution in [2.75, 3.05) is 18.0 Å². The highest BCUT2D eigenvalue weighted by Crippen LogP contribution is 2.38. The molecule has 1 heterocycles. The minimum atomic E-state index is -0.801. The fourth-order valence-electron chi connectivity index (χ4n) is 2.67. The Morgan fingerprint density at radius 3 is 2.70 bits per heavy atom. The van der Waals surface area contributed by atoms with Crippen LogP contribution in [0.3, 0.4) is 0 Å². The molecule has 1 saturated heterocycles. The van der Waals surface area contributed by atoms with Gasteiger partial charge in [0.2, 0.25) is 0 Å². The summed E-state index contributed by atoms with van der Waals surface area (Å²) in [5.74, 6) is -1.34. The summed E-state index contributed by atoms with van der Waals surface area (Å²) in [6.07, 6.45) is 1.09. The number of anilines is 1. The molecule has 0 radical (unpaired) electrons. The maximum absolute atomic E-state index is 11.5. The molecule has 0 aliphatic carbocycles. The smallest absolute Gasteiger partial charge is 0.311 e. The number of carboxylic acids is 1. The topological polar surface area (TPSA) is 83.6 Å². The van der Waals surface area contributed by atoms with E-state index in [-0.39, 0.29) is 0 Å². The highest BCUT2D eigenvalue weighted by atomic mass is 35.5. The number of rotatable bonds is 4. The molecular formula is C14H17ClN2O3. The second-order valence-corrected chi connectivity index (χ2v) is 5.57. The van der Waals surface area contributed by atoms with Gasteiger partial charge in [0.1, 0.15) is 0 Å². The first-order chi connectivity index (χ1) is 9.39. The van der Waals surface area contributed by atoms with Crippen LogP contribution < -0.4 is 10.6 Å². The predicted molar refractivity (Wildman–Crippen MR) is 77.2 cm³/mol. The third-order valence-corrected chi connectivity index (χ3v) is 4.29.